The van der Waals surface area contributed by atoms with E-state index in [2.05, 4.69) is 5.32 Å². The number of non-ortho nitro benzene ring substituents is 1. The normalized spacial score (nSPS) is 10.5. The summed E-state index contributed by atoms with van der Waals surface area (Å²) >= 11 is 0. The van der Waals surface area contributed by atoms with E-state index in [-0.39, 0.29) is 17.8 Å². The third-order valence-electron chi connectivity index (χ3n) is 4.33. The molecule has 0 aliphatic rings. The molecule has 2 amide bonds. The number of anilines is 2. The van der Waals surface area contributed by atoms with Crippen molar-refractivity contribution < 1.29 is 27.7 Å². The summed E-state index contributed by atoms with van der Waals surface area (Å²) in [7, 11) is 3.31. The Morgan fingerprint density at radius 1 is 1.10 bits per heavy atom. The van der Waals surface area contributed by atoms with Crippen LogP contribution in [0.25, 0.3) is 0 Å². The summed E-state index contributed by atoms with van der Waals surface area (Å²) in [6.45, 7) is 1.36. The van der Waals surface area contributed by atoms with Crippen molar-refractivity contribution >= 4 is 28.9 Å². The van der Waals surface area contributed by atoms with Crippen molar-refractivity contribution in [3.8, 4) is 0 Å². The lowest BCUT2D eigenvalue weighted by Gasteiger charge is -2.24. The van der Waals surface area contributed by atoms with E-state index < -0.39 is 46.4 Å². The number of nitrogens with one attached hydrogen (secondary N) is 1. The Morgan fingerprint density at radius 2 is 1.77 bits per heavy atom. The van der Waals surface area contributed by atoms with Gasteiger partial charge in [0.25, 0.3) is 11.6 Å². The third kappa shape index (κ3) is 5.50. The van der Waals surface area contributed by atoms with Crippen LogP contribution in [0.3, 0.4) is 0 Å². The van der Waals surface area contributed by atoms with Gasteiger partial charge in [-0.1, -0.05) is 6.92 Å². The number of nitro benzene ring substituents is 1. The van der Waals surface area contributed by atoms with Gasteiger partial charge in [0, 0.05) is 38.5 Å². The molecule has 0 saturated carbocycles. The third-order valence-corrected chi connectivity index (χ3v) is 4.33. The highest BCUT2D eigenvalue weighted by Crippen LogP contribution is 2.26. The summed E-state index contributed by atoms with van der Waals surface area (Å²) in [6.07, 6.45) is 0.463. The molecule has 0 fully saturated rings. The zero-order valence-corrected chi connectivity index (χ0v) is 17.1. The summed E-state index contributed by atoms with van der Waals surface area (Å²) in [6, 6.07) is 5.33. The first-order valence-corrected chi connectivity index (χ1v) is 9.25. The van der Waals surface area contributed by atoms with Crippen LogP contribution in [0.5, 0.6) is 0 Å². The first-order chi connectivity index (χ1) is 14.6. The molecule has 0 heterocycles. The van der Waals surface area contributed by atoms with Gasteiger partial charge in [-0.3, -0.25) is 19.7 Å². The van der Waals surface area contributed by atoms with Gasteiger partial charge in [-0.05, 0) is 24.6 Å². The Labute approximate surface area is 176 Å². The fourth-order valence-electron chi connectivity index (χ4n) is 2.88. The van der Waals surface area contributed by atoms with Crippen molar-refractivity contribution in [2.75, 3.05) is 37.4 Å². The highest BCUT2D eigenvalue weighted by atomic mass is 19.2. The van der Waals surface area contributed by atoms with Crippen molar-refractivity contribution in [3.63, 3.8) is 0 Å². The monoisotopic (exact) mass is 438 g/mol. The minimum atomic E-state index is -1.73. The molecule has 2 rings (SSSR count). The lowest BCUT2D eigenvalue weighted by molar-refractivity contribution is -0.384. The van der Waals surface area contributed by atoms with Gasteiger partial charge in [-0.25, -0.2) is 13.2 Å². The molecule has 1 N–H and O–H groups in total. The van der Waals surface area contributed by atoms with E-state index in [0.29, 0.717) is 18.2 Å². The van der Waals surface area contributed by atoms with Gasteiger partial charge < -0.3 is 15.1 Å². The summed E-state index contributed by atoms with van der Waals surface area (Å²) in [5, 5.41) is 13.2. The van der Waals surface area contributed by atoms with Crippen molar-refractivity contribution in [2.24, 2.45) is 0 Å². The Balaban J connectivity index is 2.30. The van der Waals surface area contributed by atoms with E-state index in [1.165, 1.54) is 12.1 Å². The second-order valence-corrected chi connectivity index (χ2v) is 6.85. The lowest BCUT2D eigenvalue weighted by Crippen LogP contribution is -2.39. The molecule has 166 valence electrons. The lowest BCUT2D eigenvalue weighted by atomic mass is 10.1. The number of carbonyl (C=O) groups excluding carboxylic acids is 2. The molecule has 0 atom stereocenters. The van der Waals surface area contributed by atoms with Gasteiger partial charge in [0.05, 0.1) is 16.2 Å². The minimum Gasteiger partial charge on any atom is -0.377 e. The first-order valence-electron chi connectivity index (χ1n) is 9.25. The maximum Gasteiger partial charge on any atom is 0.270 e. The molecule has 0 aliphatic carbocycles. The predicted octanol–water partition coefficient (Wildman–Crippen LogP) is 3.57. The Hall–Kier alpha value is -3.63. The SMILES string of the molecule is CCCN(CC(=O)Nc1ccc(F)c(F)c1F)C(=O)c1cc([N+](=O)[O-])ccc1N(C)C. The molecular formula is C20H21F3N4O4. The van der Waals surface area contributed by atoms with E-state index in [0.717, 1.165) is 17.0 Å². The van der Waals surface area contributed by atoms with Gasteiger partial charge in [0.1, 0.15) is 6.54 Å². The standard InChI is InChI=1S/C20H21F3N4O4/c1-4-9-26(11-17(28)24-15-7-6-14(21)18(22)19(15)23)20(29)13-10-12(27(30)31)5-8-16(13)25(2)3/h5-8,10H,4,9,11H2,1-3H3,(H,24,28). The highest BCUT2D eigenvalue weighted by molar-refractivity contribution is 6.03. The Bertz CT molecular complexity index is 1010. The highest BCUT2D eigenvalue weighted by Gasteiger charge is 2.25. The Kier molecular flexibility index (Phi) is 7.56. The van der Waals surface area contributed by atoms with Crippen molar-refractivity contribution in [1.29, 1.82) is 0 Å². The molecule has 31 heavy (non-hydrogen) atoms. The van der Waals surface area contributed by atoms with Crippen molar-refractivity contribution in [2.45, 2.75) is 13.3 Å². The molecule has 0 radical (unpaired) electrons. The van der Waals surface area contributed by atoms with Crippen LogP contribution in [0.15, 0.2) is 30.3 Å². The van der Waals surface area contributed by atoms with Gasteiger partial charge in [0.2, 0.25) is 5.91 Å². The van der Waals surface area contributed by atoms with E-state index in [1.807, 2.05) is 0 Å². The number of amides is 2. The van der Waals surface area contributed by atoms with Crippen LogP contribution in [0.1, 0.15) is 23.7 Å². The van der Waals surface area contributed by atoms with Crippen LogP contribution < -0.4 is 10.2 Å². The molecule has 2 aromatic rings. The number of rotatable bonds is 8. The van der Waals surface area contributed by atoms with E-state index in [1.54, 1.807) is 25.9 Å². The molecule has 0 spiro atoms. The minimum absolute atomic E-state index is 0.0134. The van der Waals surface area contributed by atoms with Crippen molar-refractivity contribution in [1.82, 2.24) is 4.90 Å². The fourth-order valence-corrected chi connectivity index (χ4v) is 2.88. The molecule has 11 heteroatoms. The van der Waals surface area contributed by atoms with Gasteiger partial charge in [-0.15, -0.1) is 0 Å². The number of hydrogen-bond acceptors (Lipinski definition) is 5. The zero-order chi connectivity index (χ0) is 23.3. The summed E-state index contributed by atoms with van der Waals surface area (Å²) < 4.78 is 40.2. The fraction of sp³-hybridized carbons (Fsp3) is 0.300. The average Bonchev–Trinajstić information content (AvgIpc) is 2.72. The molecule has 0 aromatic heterocycles. The van der Waals surface area contributed by atoms with E-state index >= 15 is 0 Å². The quantitative estimate of drug-likeness (QED) is 0.386. The number of nitro groups is 1. The number of hydrogen-bond donors (Lipinski definition) is 1. The first kappa shape index (κ1) is 23.6. The summed E-state index contributed by atoms with van der Waals surface area (Å²) in [5.74, 6) is -6.18. The van der Waals surface area contributed by atoms with Gasteiger partial charge in [0.15, 0.2) is 17.5 Å². The van der Waals surface area contributed by atoms with Crippen LogP contribution in [-0.4, -0.2) is 48.8 Å². The number of carbonyl (C=O) groups is 2. The summed E-state index contributed by atoms with van der Waals surface area (Å²) in [5.41, 5.74) is -0.445. The molecule has 0 bridgehead atoms. The zero-order valence-electron chi connectivity index (χ0n) is 17.1. The van der Waals surface area contributed by atoms with Crippen LogP contribution in [0.2, 0.25) is 0 Å². The topological polar surface area (TPSA) is 95.8 Å². The Morgan fingerprint density at radius 3 is 2.35 bits per heavy atom. The van der Waals surface area contributed by atoms with E-state index in [4.69, 9.17) is 0 Å². The smallest absolute Gasteiger partial charge is 0.270 e. The van der Waals surface area contributed by atoms with Crippen LogP contribution >= 0.6 is 0 Å². The maximum atomic E-state index is 13.8. The number of halogens is 3. The van der Waals surface area contributed by atoms with Crippen LogP contribution in [0, 0.1) is 27.6 Å². The summed E-state index contributed by atoms with van der Waals surface area (Å²) in [4.78, 5) is 38.7. The largest absolute Gasteiger partial charge is 0.377 e. The number of nitrogens with zero attached hydrogens (tertiary/aromatic N) is 3. The predicted molar refractivity (Wildman–Crippen MR) is 109 cm³/mol. The maximum absolute atomic E-state index is 13.8. The molecule has 0 saturated heterocycles. The van der Waals surface area contributed by atoms with Crippen LogP contribution in [0.4, 0.5) is 30.2 Å². The van der Waals surface area contributed by atoms with Crippen molar-refractivity contribution in [3.05, 3.63) is 63.5 Å². The van der Waals surface area contributed by atoms with Crippen LogP contribution in [-0.2, 0) is 4.79 Å². The van der Waals surface area contributed by atoms with E-state index in [9.17, 15) is 32.9 Å². The molecule has 8 nitrogen and oxygen atoms in total. The second kappa shape index (κ2) is 9.92. The van der Waals surface area contributed by atoms with Gasteiger partial charge in [-0.2, -0.15) is 0 Å². The molecule has 2 aromatic carbocycles. The molecular weight excluding hydrogens is 417 g/mol. The second-order valence-electron chi connectivity index (χ2n) is 6.85. The number of benzene rings is 2. The molecule has 0 aliphatic heterocycles. The van der Waals surface area contributed by atoms with Gasteiger partial charge >= 0.3 is 0 Å². The average molecular weight is 438 g/mol. The molecule has 0 unspecified atom stereocenters.